The molecule has 0 amide bonds. The van der Waals surface area contributed by atoms with E-state index in [1.165, 1.54) is 67.2 Å². The lowest BCUT2D eigenvalue weighted by Crippen LogP contribution is -1.89. The molecule has 4 rings (SSSR count). The molecule has 0 aliphatic heterocycles. The Kier molecular flexibility index (Phi) is 7.21. The average molecular weight is 427 g/mol. The lowest BCUT2D eigenvalue weighted by atomic mass is 9.97. The molecule has 32 heavy (non-hydrogen) atoms. The Hall–Kier alpha value is -3.13. The zero-order chi connectivity index (χ0) is 22.3. The molecule has 0 N–H and O–H groups in total. The summed E-state index contributed by atoms with van der Waals surface area (Å²) < 4.78 is 19.1. The van der Waals surface area contributed by atoms with Gasteiger partial charge in [0.25, 0.3) is 0 Å². The van der Waals surface area contributed by atoms with Gasteiger partial charge in [0.1, 0.15) is 0 Å². The summed E-state index contributed by atoms with van der Waals surface area (Å²) in [5.41, 5.74) is 5.61. The maximum atomic E-state index is 14.1. The Balaban J connectivity index is 1.48. The predicted octanol–water partition coefficient (Wildman–Crippen LogP) is 8.83. The fourth-order valence-corrected chi connectivity index (χ4v) is 4.26. The van der Waals surface area contributed by atoms with Gasteiger partial charge < -0.3 is 4.74 Å². The van der Waals surface area contributed by atoms with Gasteiger partial charge >= 0.3 is 0 Å². The molecule has 0 atom stereocenters. The van der Waals surface area contributed by atoms with Crippen LogP contribution in [0.2, 0.25) is 0 Å². The number of benzene rings is 4. The van der Waals surface area contributed by atoms with E-state index in [1.807, 2.05) is 18.2 Å². The van der Waals surface area contributed by atoms with Gasteiger partial charge in [-0.3, -0.25) is 0 Å². The summed E-state index contributed by atoms with van der Waals surface area (Å²) in [6.45, 7) is 2.26. The zero-order valence-corrected chi connectivity index (χ0v) is 19.0. The van der Waals surface area contributed by atoms with E-state index in [0.29, 0.717) is 0 Å². The van der Waals surface area contributed by atoms with Crippen molar-refractivity contribution in [3.05, 3.63) is 90.2 Å². The molecule has 0 saturated heterocycles. The molecule has 0 radical (unpaired) electrons. The van der Waals surface area contributed by atoms with Gasteiger partial charge in [0, 0.05) is 0 Å². The van der Waals surface area contributed by atoms with Crippen molar-refractivity contribution in [3.8, 4) is 28.0 Å². The summed E-state index contributed by atoms with van der Waals surface area (Å²) in [7, 11) is 1.48. The molecule has 1 nitrogen and oxygen atoms in total. The number of fused-ring (bicyclic) bond motifs is 1. The first kappa shape index (κ1) is 22.1. The highest BCUT2D eigenvalue weighted by Gasteiger charge is 2.07. The molecule has 4 aromatic rings. The lowest BCUT2D eigenvalue weighted by molar-refractivity contribution is 0.386. The second kappa shape index (κ2) is 10.5. The Morgan fingerprint density at radius 2 is 1.22 bits per heavy atom. The van der Waals surface area contributed by atoms with E-state index in [0.717, 1.165) is 23.1 Å². The van der Waals surface area contributed by atoms with Crippen molar-refractivity contribution in [3.63, 3.8) is 0 Å². The molecule has 0 saturated carbocycles. The van der Waals surface area contributed by atoms with Gasteiger partial charge in [0.2, 0.25) is 0 Å². The summed E-state index contributed by atoms with van der Waals surface area (Å²) in [5.74, 6) is -0.0786. The van der Waals surface area contributed by atoms with E-state index >= 15 is 0 Å². The number of hydrogen-bond acceptors (Lipinski definition) is 1. The largest absolute Gasteiger partial charge is 0.494 e. The molecular formula is C30H31FO. The number of hydrogen-bond donors (Lipinski definition) is 0. The van der Waals surface area contributed by atoms with Crippen LogP contribution in [0.5, 0.6) is 5.75 Å². The van der Waals surface area contributed by atoms with Gasteiger partial charge in [-0.25, -0.2) is 4.39 Å². The SMILES string of the molecule is CCCCCCCc1ccc2cc(-c3ccc(-c4ccc(OC)c(F)c4)cc3)ccc2c1. The van der Waals surface area contributed by atoms with Gasteiger partial charge in [-0.1, -0.05) is 93.3 Å². The van der Waals surface area contributed by atoms with E-state index in [4.69, 9.17) is 4.74 Å². The Morgan fingerprint density at radius 3 is 1.91 bits per heavy atom. The fraction of sp³-hybridized carbons (Fsp3) is 0.267. The minimum atomic E-state index is -0.344. The highest BCUT2D eigenvalue weighted by molar-refractivity contribution is 5.88. The minimum absolute atomic E-state index is 0.265. The molecule has 0 heterocycles. The summed E-state index contributed by atoms with van der Waals surface area (Å²) in [6, 6.07) is 26.9. The third-order valence-corrected chi connectivity index (χ3v) is 6.18. The molecule has 0 aromatic heterocycles. The molecule has 0 spiro atoms. The highest BCUT2D eigenvalue weighted by Crippen LogP contribution is 2.30. The maximum Gasteiger partial charge on any atom is 0.165 e. The monoisotopic (exact) mass is 426 g/mol. The van der Waals surface area contributed by atoms with Crippen LogP contribution in [0.25, 0.3) is 33.0 Å². The van der Waals surface area contributed by atoms with Crippen molar-refractivity contribution in [1.29, 1.82) is 0 Å². The highest BCUT2D eigenvalue weighted by atomic mass is 19.1. The van der Waals surface area contributed by atoms with Crippen LogP contribution in [-0.4, -0.2) is 7.11 Å². The van der Waals surface area contributed by atoms with Gasteiger partial charge in [0.15, 0.2) is 11.6 Å². The van der Waals surface area contributed by atoms with Crippen molar-refractivity contribution in [1.82, 2.24) is 0 Å². The zero-order valence-electron chi connectivity index (χ0n) is 19.0. The molecular weight excluding hydrogens is 395 g/mol. The Labute approximate surface area is 190 Å². The lowest BCUT2D eigenvalue weighted by Gasteiger charge is -2.09. The Morgan fingerprint density at radius 1 is 0.625 bits per heavy atom. The molecule has 164 valence electrons. The van der Waals surface area contributed by atoms with E-state index in [9.17, 15) is 4.39 Å². The van der Waals surface area contributed by atoms with Gasteiger partial charge in [0.05, 0.1) is 7.11 Å². The van der Waals surface area contributed by atoms with Crippen molar-refractivity contribution in [2.24, 2.45) is 0 Å². The number of halogens is 1. The third kappa shape index (κ3) is 5.19. The smallest absolute Gasteiger partial charge is 0.165 e. The molecule has 0 unspecified atom stereocenters. The van der Waals surface area contributed by atoms with Crippen molar-refractivity contribution in [2.45, 2.75) is 45.4 Å². The van der Waals surface area contributed by atoms with Crippen LogP contribution in [0.15, 0.2) is 78.9 Å². The summed E-state index contributed by atoms with van der Waals surface area (Å²) in [6.07, 6.45) is 7.74. The topological polar surface area (TPSA) is 9.23 Å². The summed E-state index contributed by atoms with van der Waals surface area (Å²) in [5, 5.41) is 2.56. The normalized spacial score (nSPS) is 11.1. The number of aryl methyl sites for hydroxylation is 1. The van der Waals surface area contributed by atoms with Crippen LogP contribution in [0.4, 0.5) is 4.39 Å². The number of ether oxygens (including phenoxy) is 1. The second-order valence-electron chi connectivity index (χ2n) is 8.49. The van der Waals surface area contributed by atoms with Crippen LogP contribution in [0, 0.1) is 5.82 Å². The van der Waals surface area contributed by atoms with Crippen LogP contribution in [0.3, 0.4) is 0 Å². The molecule has 2 heteroatoms. The van der Waals surface area contributed by atoms with Gasteiger partial charge in [-0.2, -0.15) is 0 Å². The van der Waals surface area contributed by atoms with E-state index < -0.39 is 0 Å². The fourth-order valence-electron chi connectivity index (χ4n) is 4.26. The van der Waals surface area contributed by atoms with Crippen LogP contribution < -0.4 is 4.74 Å². The third-order valence-electron chi connectivity index (χ3n) is 6.18. The molecule has 0 aliphatic rings. The molecule has 0 fully saturated rings. The molecule has 0 aliphatic carbocycles. The average Bonchev–Trinajstić information content (AvgIpc) is 2.83. The second-order valence-corrected chi connectivity index (χ2v) is 8.49. The molecule has 4 aromatic carbocycles. The summed E-state index contributed by atoms with van der Waals surface area (Å²) in [4.78, 5) is 0. The van der Waals surface area contributed by atoms with Crippen LogP contribution >= 0.6 is 0 Å². The minimum Gasteiger partial charge on any atom is -0.494 e. The number of methoxy groups -OCH3 is 1. The van der Waals surface area contributed by atoms with E-state index in [1.54, 1.807) is 6.07 Å². The quantitative estimate of drug-likeness (QED) is 0.243. The number of unbranched alkanes of at least 4 members (excludes halogenated alkanes) is 4. The number of rotatable bonds is 9. The first-order valence-corrected chi connectivity index (χ1v) is 11.6. The first-order chi connectivity index (χ1) is 15.7. The molecule has 0 bridgehead atoms. The summed E-state index contributed by atoms with van der Waals surface area (Å²) >= 11 is 0. The maximum absolute atomic E-state index is 14.1. The van der Waals surface area contributed by atoms with Crippen LogP contribution in [-0.2, 0) is 6.42 Å². The standard InChI is InChI=1S/C30H31FO/c1-3-4-5-6-7-8-22-9-10-27-20-26(16-15-25(27)19-22)23-11-13-24(14-12-23)28-17-18-30(32-2)29(31)21-28/h9-21H,3-8H2,1-2H3. The van der Waals surface area contributed by atoms with Gasteiger partial charge in [-0.05, 0) is 69.6 Å². The van der Waals surface area contributed by atoms with E-state index in [2.05, 4.69) is 55.5 Å². The van der Waals surface area contributed by atoms with Gasteiger partial charge in [-0.15, -0.1) is 0 Å². The Bertz CT molecular complexity index is 1180. The predicted molar refractivity (Wildman–Crippen MR) is 134 cm³/mol. The van der Waals surface area contributed by atoms with E-state index in [-0.39, 0.29) is 11.6 Å². The van der Waals surface area contributed by atoms with Crippen molar-refractivity contribution >= 4 is 10.8 Å². The van der Waals surface area contributed by atoms with Crippen molar-refractivity contribution < 1.29 is 9.13 Å². The first-order valence-electron chi connectivity index (χ1n) is 11.6. The van der Waals surface area contributed by atoms with Crippen LogP contribution in [0.1, 0.15) is 44.6 Å². The van der Waals surface area contributed by atoms with Crippen molar-refractivity contribution in [2.75, 3.05) is 7.11 Å².